The van der Waals surface area contributed by atoms with Crippen molar-refractivity contribution in [1.29, 1.82) is 0 Å². The van der Waals surface area contributed by atoms with Crippen molar-refractivity contribution >= 4 is 6.40 Å². The Morgan fingerprint density at radius 1 is 1.19 bits per heavy atom. The monoisotopic (exact) mass is 221 g/mol. The number of rotatable bonds is 4. The molecule has 0 N–H and O–H groups in total. The quantitative estimate of drug-likeness (QED) is 0.338. The molecule has 0 bridgehead atoms. The Labute approximate surface area is 97.0 Å². The van der Waals surface area contributed by atoms with Crippen LogP contribution in [-0.4, -0.2) is 13.5 Å². The van der Waals surface area contributed by atoms with Gasteiger partial charge in [-0.05, 0) is 11.0 Å². The highest BCUT2D eigenvalue weighted by Gasteiger charge is 2.25. The molecule has 3 nitrogen and oxygen atoms in total. The summed E-state index contributed by atoms with van der Waals surface area (Å²) in [5, 5.41) is 0. The maximum atomic E-state index is 4.69. The predicted octanol–water partition coefficient (Wildman–Crippen LogP) is 3.38. The fourth-order valence-electron chi connectivity index (χ4n) is 1.57. The zero-order chi connectivity index (χ0) is 12.0. The molecule has 0 aromatic heterocycles. The van der Waals surface area contributed by atoms with E-state index in [-0.39, 0.29) is 11.5 Å². The second-order valence-electron chi connectivity index (χ2n) is 4.70. The molecule has 1 rings (SSSR count). The molecule has 0 radical (unpaired) electrons. The van der Waals surface area contributed by atoms with Gasteiger partial charge in [0.05, 0.1) is 13.2 Å². The summed E-state index contributed by atoms with van der Waals surface area (Å²) < 4.78 is 0. The van der Waals surface area contributed by atoms with Crippen LogP contribution in [0.5, 0.6) is 0 Å². The highest BCUT2D eigenvalue weighted by molar-refractivity contribution is 5.46. The molecule has 1 aromatic rings. The van der Waals surface area contributed by atoms with E-state index in [4.69, 9.17) is 0 Å². The van der Waals surface area contributed by atoms with Gasteiger partial charge in [-0.2, -0.15) is 4.89 Å². The van der Waals surface area contributed by atoms with Crippen molar-refractivity contribution in [2.24, 2.45) is 10.4 Å². The first-order chi connectivity index (χ1) is 7.55. The maximum Gasteiger partial charge on any atom is 0.215 e. The Bertz CT molecular complexity index is 328. The van der Waals surface area contributed by atoms with Gasteiger partial charge in [0.25, 0.3) is 0 Å². The Kier molecular flexibility index (Phi) is 4.50. The van der Waals surface area contributed by atoms with Gasteiger partial charge in [0.2, 0.25) is 6.40 Å². The lowest BCUT2D eigenvalue weighted by molar-refractivity contribution is -0.188. The van der Waals surface area contributed by atoms with Crippen LogP contribution < -0.4 is 0 Å². The van der Waals surface area contributed by atoms with E-state index in [9.17, 15) is 0 Å². The first kappa shape index (κ1) is 12.7. The topological polar surface area (TPSA) is 30.8 Å². The van der Waals surface area contributed by atoms with Gasteiger partial charge in [-0.1, -0.05) is 51.1 Å². The van der Waals surface area contributed by atoms with Gasteiger partial charge in [-0.25, -0.2) is 4.99 Å². The van der Waals surface area contributed by atoms with E-state index in [2.05, 4.69) is 47.7 Å². The van der Waals surface area contributed by atoms with Crippen molar-refractivity contribution in [2.45, 2.75) is 26.8 Å². The molecule has 16 heavy (non-hydrogen) atoms. The molecule has 0 amide bonds. The normalized spacial score (nSPS) is 14.0. The second-order valence-corrected chi connectivity index (χ2v) is 4.70. The summed E-state index contributed by atoms with van der Waals surface area (Å²) in [6, 6.07) is 10.2. The van der Waals surface area contributed by atoms with Gasteiger partial charge in [0, 0.05) is 0 Å². The van der Waals surface area contributed by atoms with Crippen molar-refractivity contribution in [2.75, 3.05) is 7.11 Å². The molecule has 1 aromatic carbocycles. The predicted molar refractivity (Wildman–Crippen MR) is 65.2 cm³/mol. The molecule has 0 aliphatic rings. The van der Waals surface area contributed by atoms with Crippen LogP contribution in [0.15, 0.2) is 35.3 Å². The molecule has 0 saturated carbocycles. The van der Waals surface area contributed by atoms with E-state index in [1.54, 1.807) is 0 Å². The molecule has 1 unspecified atom stereocenters. The van der Waals surface area contributed by atoms with E-state index in [0.717, 1.165) is 0 Å². The van der Waals surface area contributed by atoms with Crippen molar-refractivity contribution in [1.82, 2.24) is 0 Å². The summed E-state index contributed by atoms with van der Waals surface area (Å²) in [7, 11) is 1.46. The van der Waals surface area contributed by atoms with Crippen LogP contribution in [-0.2, 0) is 9.78 Å². The first-order valence-electron chi connectivity index (χ1n) is 5.32. The summed E-state index contributed by atoms with van der Waals surface area (Å²) in [5.41, 5.74) is 1.21. The largest absolute Gasteiger partial charge is 0.326 e. The highest BCUT2D eigenvalue weighted by atomic mass is 17.2. The lowest BCUT2D eigenvalue weighted by Crippen LogP contribution is -2.17. The van der Waals surface area contributed by atoms with Gasteiger partial charge < -0.3 is 4.89 Å². The second kappa shape index (κ2) is 5.66. The number of aliphatic imine (C=N–C) groups is 1. The van der Waals surface area contributed by atoms with Crippen LogP contribution in [0.1, 0.15) is 32.4 Å². The Hall–Kier alpha value is -1.35. The van der Waals surface area contributed by atoms with Crippen LogP contribution in [0.3, 0.4) is 0 Å². The molecule has 3 heteroatoms. The average Bonchev–Trinajstić information content (AvgIpc) is 2.24. The molecule has 0 heterocycles. The number of hydrogen-bond acceptors (Lipinski definition) is 3. The van der Waals surface area contributed by atoms with Crippen LogP contribution in [0.25, 0.3) is 0 Å². The zero-order valence-corrected chi connectivity index (χ0v) is 10.3. The van der Waals surface area contributed by atoms with Gasteiger partial charge in [0.1, 0.15) is 0 Å². The Morgan fingerprint density at radius 3 is 2.31 bits per heavy atom. The summed E-state index contributed by atoms with van der Waals surface area (Å²) in [6.07, 6.45) is 1.35. The molecule has 0 aliphatic carbocycles. The van der Waals surface area contributed by atoms with Crippen molar-refractivity contribution < 1.29 is 9.78 Å². The molecule has 0 spiro atoms. The van der Waals surface area contributed by atoms with E-state index in [1.165, 1.54) is 19.1 Å². The minimum absolute atomic E-state index is 0.0367. The van der Waals surface area contributed by atoms with E-state index >= 15 is 0 Å². The maximum absolute atomic E-state index is 4.69. The third-order valence-corrected chi connectivity index (χ3v) is 2.28. The van der Waals surface area contributed by atoms with Crippen LogP contribution in [0.4, 0.5) is 0 Å². The minimum Gasteiger partial charge on any atom is -0.326 e. The Morgan fingerprint density at radius 2 is 1.81 bits per heavy atom. The van der Waals surface area contributed by atoms with Crippen molar-refractivity contribution in [3.05, 3.63) is 35.9 Å². The fraction of sp³-hybridized carbons (Fsp3) is 0.462. The number of hydrogen-bond donors (Lipinski definition) is 0. The lowest BCUT2D eigenvalue weighted by atomic mass is 9.83. The SMILES string of the molecule is COO/C=N/C(c1ccccc1)C(C)(C)C. The minimum atomic E-state index is 0.0367. The number of nitrogens with zero attached hydrogens (tertiary/aromatic N) is 1. The highest BCUT2D eigenvalue weighted by Crippen LogP contribution is 2.35. The molecule has 0 fully saturated rings. The third-order valence-electron chi connectivity index (χ3n) is 2.28. The van der Waals surface area contributed by atoms with Crippen LogP contribution >= 0.6 is 0 Å². The Balaban J connectivity index is 2.89. The molecule has 1 atom stereocenters. The van der Waals surface area contributed by atoms with Crippen molar-refractivity contribution in [3.8, 4) is 0 Å². The molecule has 88 valence electrons. The van der Waals surface area contributed by atoms with Gasteiger partial charge in [-0.3, -0.25) is 0 Å². The first-order valence-corrected chi connectivity index (χ1v) is 5.32. The summed E-state index contributed by atoms with van der Waals surface area (Å²) in [4.78, 5) is 13.6. The fourth-order valence-corrected chi connectivity index (χ4v) is 1.57. The molecular formula is C13H19NO2. The van der Waals surface area contributed by atoms with E-state index < -0.39 is 0 Å². The van der Waals surface area contributed by atoms with Gasteiger partial charge >= 0.3 is 0 Å². The standard InChI is InChI=1S/C13H19NO2/c1-13(2,3)12(14-10-16-15-4)11-8-6-5-7-9-11/h5-10,12H,1-4H3/b14-10+. The third kappa shape index (κ3) is 3.66. The molecule has 0 saturated heterocycles. The van der Waals surface area contributed by atoms with E-state index in [1.807, 2.05) is 18.2 Å². The summed E-state index contributed by atoms with van der Waals surface area (Å²) in [6.45, 7) is 6.44. The molecular weight excluding hydrogens is 202 g/mol. The van der Waals surface area contributed by atoms with Crippen molar-refractivity contribution in [3.63, 3.8) is 0 Å². The van der Waals surface area contributed by atoms with Crippen LogP contribution in [0, 0.1) is 5.41 Å². The summed E-state index contributed by atoms with van der Waals surface area (Å²) in [5.74, 6) is 0. The lowest BCUT2D eigenvalue weighted by Gasteiger charge is -2.27. The average molecular weight is 221 g/mol. The van der Waals surface area contributed by atoms with E-state index in [0.29, 0.717) is 0 Å². The van der Waals surface area contributed by atoms with Crippen LogP contribution in [0.2, 0.25) is 0 Å². The zero-order valence-electron chi connectivity index (χ0n) is 10.3. The number of benzene rings is 1. The van der Waals surface area contributed by atoms with Gasteiger partial charge in [-0.15, -0.1) is 0 Å². The summed E-state index contributed by atoms with van der Waals surface area (Å²) >= 11 is 0. The molecule has 0 aliphatic heterocycles. The smallest absolute Gasteiger partial charge is 0.215 e. The van der Waals surface area contributed by atoms with Gasteiger partial charge in [0.15, 0.2) is 0 Å².